The van der Waals surface area contributed by atoms with Gasteiger partial charge in [-0.3, -0.25) is 19.2 Å². The molecule has 1 saturated heterocycles. The molecule has 0 amide bonds. The summed E-state index contributed by atoms with van der Waals surface area (Å²) in [4.78, 5) is 49.2. The van der Waals surface area contributed by atoms with Crippen LogP contribution in [-0.4, -0.2) is 74.4 Å². The minimum Gasteiger partial charge on any atom is -0.462 e. The van der Waals surface area contributed by atoms with Crippen molar-refractivity contribution < 1.29 is 43.6 Å². The third kappa shape index (κ3) is 4.94. The number of ketones is 1. The molecule has 0 aromatic carbocycles. The van der Waals surface area contributed by atoms with Gasteiger partial charge < -0.3 is 24.4 Å². The Hall–Kier alpha value is -2.01. The van der Waals surface area contributed by atoms with Crippen LogP contribution in [0, 0.1) is 34.5 Å². The van der Waals surface area contributed by atoms with Gasteiger partial charge in [-0.25, -0.2) is 0 Å². The second kappa shape index (κ2) is 11.1. The van der Waals surface area contributed by atoms with Gasteiger partial charge in [-0.15, -0.1) is 0 Å². The van der Waals surface area contributed by atoms with Gasteiger partial charge in [0.15, 0.2) is 10.9 Å². The summed E-state index contributed by atoms with van der Waals surface area (Å²) in [6.45, 7) is 12.7. The Balaban J connectivity index is 1.42. The summed E-state index contributed by atoms with van der Waals surface area (Å²) in [7, 11) is 0. The van der Waals surface area contributed by atoms with Crippen molar-refractivity contribution in [3.05, 3.63) is 23.8 Å². The molecule has 5 aliphatic rings. The zero-order valence-corrected chi connectivity index (χ0v) is 28.0. The van der Waals surface area contributed by atoms with Crippen molar-refractivity contribution >= 4 is 34.6 Å². The van der Waals surface area contributed by atoms with Crippen molar-refractivity contribution in [1.82, 2.24) is 0 Å². The average molecular weight is 633 g/mol. The van der Waals surface area contributed by atoms with Crippen LogP contribution in [0.4, 0.5) is 0 Å². The molecule has 1 aliphatic heterocycles. The summed E-state index contributed by atoms with van der Waals surface area (Å²) >= 11 is 0.952. The predicted molar refractivity (Wildman–Crippen MR) is 164 cm³/mol. The van der Waals surface area contributed by atoms with E-state index < -0.39 is 46.5 Å². The summed E-state index contributed by atoms with van der Waals surface area (Å²) in [6, 6.07) is 0. The molecule has 5 rings (SSSR count). The zero-order valence-electron chi connectivity index (χ0n) is 27.2. The standard InChI is InChI=1S/C34H48O9S/c1-18-25(17-33(7,30(3,4)40)43-27(38)16-28(39)44-8)42-34(18)26(37)15-23-29-22(10-12-32(23,34)6)31(5)11-9-21(36)13-20(31)14-24(29)41-19(2)35/h9,11,13,18,22-26,29,37,40H,10,12,14-17H2,1-8H3/t18-,22+,23+,24-,25+,26+,29-,31+,32+,33-,34-/m1/s1. The number of aliphatic hydroxyl groups is 2. The monoisotopic (exact) mass is 632 g/mol. The molecular formula is C34H48O9S. The minimum atomic E-state index is -1.43. The number of carbonyl (C=O) groups excluding carboxylic acids is 4. The molecule has 0 radical (unpaired) electrons. The van der Waals surface area contributed by atoms with Crippen LogP contribution >= 0.6 is 11.8 Å². The molecule has 44 heavy (non-hydrogen) atoms. The first-order chi connectivity index (χ1) is 20.3. The Morgan fingerprint density at radius 2 is 1.86 bits per heavy atom. The zero-order chi connectivity index (χ0) is 32.6. The topological polar surface area (TPSA) is 136 Å². The molecule has 244 valence electrons. The number of hydrogen-bond donors (Lipinski definition) is 2. The lowest BCUT2D eigenvalue weighted by Gasteiger charge is -2.66. The van der Waals surface area contributed by atoms with Gasteiger partial charge in [0.05, 0.1) is 17.8 Å². The van der Waals surface area contributed by atoms with Gasteiger partial charge >= 0.3 is 11.9 Å². The van der Waals surface area contributed by atoms with Crippen LogP contribution in [0.15, 0.2) is 23.8 Å². The van der Waals surface area contributed by atoms with Gasteiger partial charge in [-0.05, 0) is 70.3 Å². The van der Waals surface area contributed by atoms with Crippen LogP contribution in [0.5, 0.6) is 0 Å². The molecule has 2 N–H and O–H groups in total. The summed E-state index contributed by atoms with van der Waals surface area (Å²) < 4.78 is 18.6. The largest absolute Gasteiger partial charge is 0.462 e. The molecule has 4 fully saturated rings. The van der Waals surface area contributed by atoms with Crippen LogP contribution < -0.4 is 0 Å². The maximum atomic E-state index is 12.7. The van der Waals surface area contributed by atoms with Crippen molar-refractivity contribution in [2.24, 2.45) is 34.5 Å². The Morgan fingerprint density at radius 1 is 1.18 bits per heavy atom. The summed E-state index contributed by atoms with van der Waals surface area (Å²) in [5, 5.41) is 22.6. The number of esters is 2. The van der Waals surface area contributed by atoms with Gasteiger partial charge in [0.25, 0.3) is 0 Å². The van der Waals surface area contributed by atoms with E-state index in [1.54, 1.807) is 39.2 Å². The summed E-state index contributed by atoms with van der Waals surface area (Å²) in [5.74, 6) is -1.13. The summed E-state index contributed by atoms with van der Waals surface area (Å²) in [5.41, 5.74) is -3.38. The quantitative estimate of drug-likeness (QED) is 0.308. The van der Waals surface area contributed by atoms with Gasteiger partial charge in [0, 0.05) is 42.4 Å². The SMILES string of the molecule is CSC(=O)CC(=O)O[C@](C)(C[C@@H]1O[C@]2([C@@H]1C)[C@@H](O)C[C@H]1[C@@H]3[C@H](OC(C)=O)CC4=CC(=O)C=C[C@]4(C)[C@H]3CC[C@@]12C)C(C)(C)O. The van der Waals surface area contributed by atoms with Crippen molar-refractivity contribution in [3.63, 3.8) is 0 Å². The second-order valence-electron chi connectivity index (χ2n) is 15.0. The van der Waals surface area contributed by atoms with E-state index >= 15 is 0 Å². The molecule has 0 aromatic heterocycles. The predicted octanol–water partition coefficient (Wildman–Crippen LogP) is 4.32. The van der Waals surface area contributed by atoms with E-state index in [1.165, 1.54) is 6.92 Å². The Morgan fingerprint density at radius 3 is 2.45 bits per heavy atom. The smallest absolute Gasteiger partial charge is 0.314 e. The van der Waals surface area contributed by atoms with Gasteiger partial charge in [0.2, 0.25) is 0 Å². The van der Waals surface area contributed by atoms with Crippen molar-refractivity contribution in [2.45, 2.75) is 122 Å². The number of allylic oxidation sites excluding steroid dienone is 3. The molecule has 0 unspecified atom stereocenters. The van der Waals surface area contributed by atoms with E-state index in [-0.39, 0.29) is 58.8 Å². The van der Waals surface area contributed by atoms with Gasteiger partial charge in [0.1, 0.15) is 23.7 Å². The van der Waals surface area contributed by atoms with E-state index in [1.807, 2.05) is 6.08 Å². The molecule has 9 nitrogen and oxygen atoms in total. The lowest BCUT2D eigenvalue weighted by atomic mass is 9.45. The fraction of sp³-hybridized carbons (Fsp3) is 0.765. The fourth-order valence-corrected chi connectivity index (χ4v) is 9.98. The number of thioether (sulfide) groups is 1. The molecule has 4 aliphatic carbocycles. The average Bonchev–Trinajstić information content (AvgIpc) is 3.15. The summed E-state index contributed by atoms with van der Waals surface area (Å²) in [6.07, 6.45) is 7.81. The van der Waals surface area contributed by atoms with Crippen molar-refractivity contribution in [2.75, 3.05) is 6.26 Å². The van der Waals surface area contributed by atoms with Crippen LogP contribution in [0.3, 0.4) is 0 Å². The molecule has 0 bridgehead atoms. The highest BCUT2D eigenvalue weighted by Gasteiger charge is 2.76. The number of ether oxygens (including phenoxy) is 3. The van der Waals surface area contributed by atoms with Crippen molar-refractivity contribution in [3.8, 4) is 0 Å². The Kier molecular flexibility index (Phi) is 8.38. The van der Waals surface area contributed by atoms with Gasteiger partial charge in [-0.2, -0.15) is 0 Å². The Labute approximate surface area is 264 Å². The van der Waals surface area contributed by atoms with E-state index in [0.29, 0.717) is 12.8 Å². The van der Waals surface area contributed by atoms with Crippen LogP contribution in [0.25, 0.3) is 0 Å². The van der Waals surface area contributed by atoms with E-state index in [0.717, 1.165) is 30.2 Å². The van der Waals surface area contributed by atoms with E-state index in [2.05, 4.69) is 20.8 Å². The molecule has 1 spiro atoms. The number of hydrogen-bond acceptors (Lipinski definition) is 10. The highest BCUT2D eigenvalue weighted by molar-refractivity contribution is 8.13. The third-order valence-corrected chi connectivity index (χ3v) is 13.0. The lowest BCUT2D eigenvalue weighted by Crippen LogP contribution is -2.72. The molecule has 3 saturated carbocycles. The van der Waals surface area contributed by atoms with E-state index in [9.17, 15) is 29.4 Å². The maximum absolute atomic E-state index is 12.7. The normalized spacial score (nSPS) is 42.3. The van der Waals surface area contributed by atoms with Crippen LogP contribution in [-0.2, 0) is 33.4 Å². The highest BCUT2D eigenvalue weighted by atomic mass is 32.2. The molecule has 0 aromatic rings. The van der Waals surface area contributed by atoms with Crippen molar-refractivity contribution in [1.29, 1.82) is 0 Å². The molecule has 1 heterocycles. The Bertz CT molecular complexity index is 1300. The van der Waals surface area contributed by atoms with Gasteiger partial charge in [-0.1, -0.05) is 44.2 Å². The first-order valence-electron chi connectivity index (χ1n) is 15.8. The minimum absolute atomic E-state index is 0.00412. The maximum Gasteiger partial charge on any atom is 0.314 e. The lowest BCUT2D eigenvalue weighted by molar-refractivity contribution is -0.344. The molecule has 10 heteroatoms. The number of fused-ring (bicyclic) bond motifs is 6. The molecule has 11 atom stereocenters. The van der Waals surface area contributed by atoms with E-state index in [4.69, 9.17) is 14.2 Å². The highest BCUT2D eigenvalue weighted by Crippen LogP contribution is 2.72. The third-order valence-electron chi connectivity index (χ3n) is 12.4. The number of carbonyl (C=O) groups is 4. The van der Waals surface area contributed by atoms with Crippen LogP contribution in [0.2, 0.25) is 0 Å². The number of rotatable bonds is 7. The second-order valence-corrected chi connectivity index (χ2v) is 15.9. The first kappa shape index (κ1) is 33.4. The van der Waals surface area contributed by atoms with Crippen LogP contribution in [0.1, 0.15) is 87.0 Å². The first-order valence-corrected chi connectivity index (χ1v) is 17.0. The fourth-order valence-electron chi connectivity index (χ4n) is 9.72. The molecular weight excluding hydrogens is 584 g/mol. The number of aliphatic hydroxyl groups excluding tert-OH is 1.